The number of hydrogen-bond donors (Lipinski definition) is 1. The summed E-state index contributed by atoms with van der Waals surface area (Å²) >= 11 is 0. The largest absolute Gasteiger partial charge is 0.467 e. The molecule has 0 aliphatic rings. The minimum atomic E-state index is -0.180. The summed E-state index contributed by atoms with van der Waals surface area (Å²) in [5, 5.41) is 12.6. The molecule has 0 spiro atoms. The Morgan fingerprint density at radius 1 is 1.29 bits per heavy atom. The number of para-hydroxylation sites is 1. The molecule has 5 nitrogen and oxygen atoms in total. The van der Waals surface area contributed by atoms with Crippen LogP contribution in [0, 0.1) is 11.3 Å². The topological polar surface area (TPSA) is 71.0 Å². The van der Waals surface area contributed by atoms with E-state index in [0.29, 0.717) is 25.3 Å². The van der Waals surface area contributed by atoms with E-state index >= 15 is 0 Å². The van der Waals surface area contributed by atoms with E-state index in [9.17, 15) is 4.79 Å². The van der Waals surface area contributed by atoms with Gasteiger partial charge in [0.15, 0.2) is 0 Å². The van der Waals surface area contributed by atoms with Gasteiger partial charge in [-0.1, -0.05) is 18.2 Å². The minimum Gasteiger partial charge on any atom is -0.467 e. The molecule has 0 saturated heterocycles. The Hall–Kier alpha value is -3.26. The third-order valence-corrected chi connectivity index (χ3v) is 3.72. The quantitative estimate of drug-likeness (QED) is 0.707. The van der Waals surface area contributed by atoms with Crippen LogP contribution in [-0.2, 0) is 17.9 Å². The van der Waals surface area contributed by atoms with Gasteiger partial charge in [0.25, 0.3) is 0 Å². The van der Waals surface area contributed by atoms with Crippen molar-refractivity contribution in [2.45, 2.75) is 19.5 Å². The maximum Gasteiger partial charge on any atom is 0.244 e. The molecule has 0 aliphatic carbocycles. The third kappa shape index (κ3) is 3.55. The fraction of sp³-hybridized carbons (Fsp3) is 0.158. The molecule has 1 aromatic carbocycles. The highest BCUT2D eigenvalue weighted by atomic mass is 16.3. The van der Waals surface area contributed by atoms with Crippen LogP contribution in [0.2, 0.25) is 0 Å². The molecule has 1 amide bonds. The van der Waals surface area contributed by atoms with Gasteiger partial charge in [0.1, 0.15) is 5.76 Å². The van der Waals surface area contributed by atoms with Gasteiger partial charge >= 0.3 is 0 Å². The second-order valence-electron chi connectivity index (χ2n) is 5.33. The summed E-state index contributed by atoms with van der Waals surface area (Å²) in [4.78, 5) is 11.9. The Balaban J connectivity index is 1.74. The molecule has 0 radical (unpaired) electrons. The fourth-order valence-corrected chi connectivity index (χ4v) is 2.58. The summed E-state index contributed by atoms with van der Waals surface area (Å²) in [6.45, 7) is 0.996. The van der Waals surface area contributed by atoms with E-state index in [1.165, 1.54) is 6.08 Å². The van der Waals surface area contributed by atoms with Gasteiger partial charge in [-0.05, 0) is 24.3 Å². The van der Waals surface area contributed by atoms with E-state index in [2.05, 4.69) is 11.4 Å². The third-order valence-electron chi connectivity index (χ3n) is 3.72. The number of nitriles is 1. The van der Waals surface area contributed by atoms with Crippen molar-refractivity contribution in [2.75, 3.05) is 0 Å². The molecule has 0 aliphatic heterocycles. The van der Waals surface area contributed by atoms with Gasteiger partial charge in [0, 0.05) is 35.3 Å². The van der Waals surface area contributed by atoms with Gasteiger partial charge in [-0.2, -0.15) is 5.26 Å². The summed E-state index contributed by atoms with van der Waals surface area (Å²) in [5.74, 6) is 0.533. The van der Waals surface area contributed by atoms with Crippen LogP contribution >= 0.6 is 0 Å². The van der Waals surface area contributed by atoms with Crippen molar-refractivity contribution in [3.8, 4) is 6.07 Å². The highest BCUT2D eigenvalue weighted by Crippen LogP contribution is 2.22. The first kappa shape index (κ1) is 15.6. The fourth-order valence-electron chi connectivity index (χ4n) is 2.58. The lowest BCUT2D eigenvalue weighted by atomic mass is 10.1. The Bertz CT molecular complexity index is 898. The lowest BCUT2D eigenvalue weighted by Crippen LogP contribution is -2.19. The summed E-state index contributed by atoms with van der Waals surface area (Å²) in [6, 6.07) is 13.7. The van der Waals surface area contributed by atoms with Crippen LogP contribution < -0.4 is 5.32 Å². The number of aromatic nitrogens is 1. The molecule has 2 aromatic heterocycles. The predicted octanol–water partition coefficient (Wildman–Crippen LogP) is 3.48. The Morgan fingerprint density at radius 3 is 2.96 bits per heavy atom. The number of carbonyl (C=O) groups excluding carboxylic acids is 1. The molecule has 5 heteroatoms. The number of benzene rings is 1. The van der Waals surface area contributed by atoms with Crippen LogP contribution in [-0.4, -0.2) is 10.5 Å². The molecule has 0 fully saturated rings. The standard InChI is InChI=1S/C19H17N3O2/c20-10-4-11-22-14-15(17-6-1-2-7-18(17)22)8-9-19(23)21-13-16-5-3-12-24-16/h1-3,5-9,12,14H,4,11,13H2,(H,21,23)/b9-8+. The van der Waals surface area contributed by atoms with Gasteiger partial charge < -0.3 is 14.3 Å². The van der Waals surface area contributed by atoms with Gasteiger partial charge in [-0.15, -0.1) is 0 Å². The second-order valence-corrected chi connectivity index (χ2v) is 5.33. The van der Waals surface area contributed by atoms with Crippen LogP contribution in [0.25, 0.3) is 17.0 Å². The summed E-state index contributed by atoms with van der Waals surface area (Å²) in [7, 11) is 0. The summed E-state index contributed by atoms with van der Waals surface area (Å²) < 4.78 is 7.22. The van der Waals surface area contributed by atoms with Crippen LogP contribution in [0.3, 0.4) is 0 Å². The average molecular weight is 319 g/mol. The van der Waals surface area contributed by atoms with Crippen molar-refractivity contribution < 1.29 is 9.21 Å². The first-order valence-electron chi connectivity index (χ1n) is 7.71. The maximum atomic E-state index is 11.9. The second kappa shape index (κ2) is 7.34. The Labute approximate surface area is 139 Å². The molecular formula is C19H17N3O2. The number of hydrogen-bond acceptors (Lipinski definition) is 3. The molecule has 0 unspecified atom stereocenters. The van der Waals surface area contributed by atoms with Crippen molar-refractivity contribution in [1.29, 1.82) is 5.26 Å². The van der Waals surface area contributed by atoms with Gasteiger partial charge in [0.2, 0.25) is 5.91 Å². The number of rotatable bonds is 6. The first-order valence-corrected chi connectivity index (χ1v) is 7.71. The lowest BCUT2D eigenvalue weighted by Gasteiger charge is -2.00. The number of nitrogens with zero attached hydrogens (tertiary/aromatic N) is 2. The number of carbonyl (C=O) groups is 1. The van der Waals surface area contributed by atoms with Crippen molar-refractivity contribution in [3.63, 3.8) is 0 Å². The van der Waals surface area contributed by atoms with E-state index in [1.807, 2.05) is 41.1 Å². The van der Waals surface area contributed by atoms with Crippen LogP contribution in [0.5, 0.6) is 0 Å². The summed E-state index contributed by atoms with van der Waals surface area (Å²) in [6.07, 6.45) is 7.30. The normalized spacial score (nSPS) is 11.0. The van der Waals surface area contributed by atoms with Crippen molar-refractivity contribution in [3.05, 3.63) is 66.3 Å². The SMILES string of the molecule is N#CCCn1cc(/C=C/C(=O)NCc2ccco2)c2ccccc21. The predicted molar refractivity (Wildman–Crippen MR) is 91.8 cm³/mol. The number of fused-ring (bicyclic) bond motifs is 1. The number of nitrogens with one attached hydrogen (secondary N) is 1. The highest BCUT2D eigenvalue weighted by Gasteiger charge is 2.06. The van der Waals surface area contributed by atoms with Crippen molar-refractivity contribution >= 4 is 22.9 Å². The molecule has 2 heterocycles. The maximum absolute atomic E-state index is 11.9. The van der Waals surface area contributed by atoms with Gasteiger partial charge in [0.05, 0.1) is 25.3 Å². The molecule has 3 rings (SSSR count). The molecule has 24 heavy (non-hydrogen) atoms. The van der Waals surface area contributed by atoms with E-state index in [4.69, 9.17) is 9.68 Å². The molecular weight excluding hydrogens is 302 g/mol. The van der Waals surface area contributed by atoms with E-state index in [1.54, 1.807) is 18.4 Å². The lowest BCUT2D eigenvalue weighted by molar-refractivity contribution is -0.116. The van der Waals surface area contributed by atoms with Crippen molar-refractivity contribution in [2.24, 2.45) is 0 Å². The molecule has 0 bridgehead atoms. The van der Waals surface area contributed by atoms with E-state index in [0.717, 1.165) is 16.5 Å². The average Bonchev–Trinajstić information content (AvgIpc) is 3.24. The van der Waals surface area contributed by atoms with Crippen LogP contribution in [0.15, 0.2) is 59.4 Å². The smallest absolute Gasteiger partial charge is 0.244 e. The number of aryl methyl sites for hydroxylation is 1. The number of amides is 1. The van der Waals surface area contributed by atoms with Crippen LogP contribution in [0.1, 0.15) is 17.7 Å². The zero-order chi connectivity index (χ0) is 16.8. The van der Waals surface area contributed by atoms with Gasteiger partial charge in [-0.3, -0.25) is 4.79 Å². The Kier molecular flexibility index (Phi) is 4.78. The van der Waals surface area contributed by atoms with Gasteiger partial charge in [-0.25, -0.2) is 0 Å². The first-order chi connectivity index (χ1) is 11.8. The zero-order valence-corrected chi connectivity index (χ0v) is 13.1. The minimum absolute atomic E-state index is 0.180. The van der Waals surface area contributed by atoms with Crippen LogP contribution in [0.4, 0.5) is 0 Å². The Morgan fingerprint density at radius 2 is 2.17 bits per heavy atom. The molecule has 0 atom stereocenters. The zero-order valence-electron chi connectivity index (χ0n) is 13.1. The molecule has 1 N–H and O–H groups in total. The number of furan rings is 1. The van der Waals surface area contributed by atoms with E-state index in [-0.39, 0.29) is 5.91 Å². The van der Waals surface area contributed by atoms with Crippen molar-refractivity contribution in [1.82, 2.24) is 9.88 Å². The molecule has 3 aromatic rings. The molecule has 0 saturated carbocycles. The summed E-state index contributed by atoms with van der Waals surface area (Å²) in [5.41, 5.74) is 2.01. The van der Waals surface area contributed by atoms with E-state index < -0.39 is 0 Å². The monoisotopic (exact) mass is 319 g/mol. The molecule has 120 valence electrons. The highest BCUT2D eigenvalue weighted by molar-refractivity contribution is 5.96.